The van der Waals surface area contributed by atoms with Gasteiger partial charge in [-0.05, 0) is 57.9 Å². The molecule has 1 aromatic heterocycles. The number of aromatic nitrogens is 2. The van der Waals surface area contributed by atoms with E-state index in [9.17, 15) is 4.39 Å². The van der Waals surface area contributed by atoms with Gasteiger partial charge in [-0.25, -0.2) is 9.37 Å². The molecule has 5 heteroatoms. The van der Waals surface area contributed by atoms with Gasteiger partial charge in [0.2, 0.25) is 0 Å². The van der Waals surface area contributed by atoms with Gasteiger partial charge in [0, 0.05) is 13.2 Å². The highest BCUT2D eigenvalue weighted by molar-refractivity contribution is 5.74. The van der Waals surface area contributed by atoms with Crippen molar-refractivity contribution in [2.24, 2.45) is 5.92 Å². The van der Waals surface area contributed by atoms with Crippen LogP contribution in [0.15, 0.2) is 18.2 Å². The molecule has 120 valence electrons. The van der Waals surface area contributed by atoms with Crippen molar-refractivity contribution < 1.29 is 9.13 Å². The van der Waals surface area contributed by atoms with Crippen molar-refractivity contribution in [3.8, 4) is 0 Å². The van der Waals surface area contributed by atoms with Crippen molar-refractivity contribution in [3.63, 3.8) is 0 Å². The molecule has 0 bridgehead atoms. The van der Waals surface area contributed by atoms with Crippen molar-refractivity contribution in [3.05, 3.63) is 29.8 Å². The minimum Gasteiger partial charge on any atom is -0.376 e. The molecule has 2 heterocycles. The Kier molecular flexibility index (Phi) is 4.19. The molecule has 1 aromatic carbocycles. The van der Waals surface area contributed by atoms with E-state index in [4.69, 9.17) is 4.74 Å². The van der Waals surface area contributed by atoms with E-state index in [0.29, 0.717) is 5.92 Å². The summed E-state index contributed by atoms with van der Waals surface area (Å²) in [7, 11) is 2.11. The number of hydrogen-bond acceptors (Lipinski definition) is 3. The third kappa shape index (κ3) is 3.65. The number of halogens is 1. The van der Waals surface area contributed by atoms with Crippen LogP contribution in [0.25, 0.3) is 11.0 Å². The molecule has 0 spiro atoms. The molecule has 2 aromatic rings. The number of fused-ring (bicyclic) bond motifs is 1. The number of ether oxygens (including phenoxy) is 1. The van der Waals surface area contributed by atoms with E-state index < -0.39 is 0 Å². The van der Waals surface area contributed by atoms with Crippen molar-refractivity contribution in [2.45, 2.75) is 38.8 Å². The Bertz CT molecular complexity index is 652. The van der Waals surface area contributed by atoms with Crippen molar-refractivity contribution in [1.82, 2.24) is 14.9 Å². The monoisotopic (exact) mass is 305 g/mol. The van der Waals surface area contributed by atoms with Crippen LogP contribution in [0.1, 0.15) is 32.5 Å². The Balaban J connectivity index is 1.61. The molecule has 0 saturated carbocycles. The maximum atomic E-state index is 13.2. The normalized spacial score (nSPS) is 21.6. The molecule has 1 N–H and O–H groups in total. The molecule has 0 amide bonds. The molecule has 1 fully saturated rings. The van der Waals surface area contributed by atoms with Crippen LogP contribution >= 0.6 is 0 Å². The highest BCUT2D eigenvalue weighted by atomic mass is 19.1. The number of nitrogens with one attached hydrogen (secondary N) is 1. The Morgan fingerprint density at radius 2 is 2.27 bits per heavy atom. The fraction of sp³-hybridized carbons (Fsp3) is 0.588. The second-order valence-corrected chi connectivity index (χ2v) is 7.01. The van der Waals surface area contributed by atoms with Gasteiger partial charge in [0.15, 0.2) is 0 Å². The molecule has 1 atom stereocenters. The Labute approximate surface area is 130 Å². The van der Waals surface area contributed by atoms with Crippen molar-refractivity contribution >= 4 is 11.0 Å². The number of benzene rings is 1. The van der Waals surface area contributed by atoms with Crippen molar-refractivity contribution in [1.29, 1.82) is 0 Å². The zero-order valence-corrected chi connectivity index (χ0v) is 13.5. The minimum absolute atomic E-state index is 0.0132. The largest absolute Gasteiger partial charge is 0.376 e. The average molecular weight is 305 g/mol. The van der Waals surface area contributed by atoms with Gasteiger partial charge in [-0.3, -0.25) is 4.90 Å². The van der Waals surface area contributed by atoms with E-state index in [0.717, 1.165) is 49.4 Å². The molecule has 0 radical (unpaired) electrons. The van der Waals surface area contributed by atoms with E-state index in [-0.39, 0.29) is 11.4 Å². The maximum Gasteiger partial charge on any atom is 0.125 e. The molecule has 22 heavy (non-hydrogen) atoms. The molecule has 4 nitrogen and oxygen atoms in total. The standard InChI is InChI=1S/C17H24FN3O/c1-17(2)9-12(6-7-22-17)10-21(3)11-16-19-14-5-4-13(18)8-15(14)20-16/h4-5,8,12H,6-7,9-11H2,1-3H3,(H,19,20). The van der Waals surface area contributed by atoms with E-state index >= 15 is 0 Å². The van der Waals surface area contributed by atoms with Gasteiger partial charge < -0.3 is 9.72 Å². The fourth-order valence-electron chi connectivity index (χ4n) is 3.38. The summed E-state index contributed by atoms with van der Waals surface area (Å²) < 4.78 is 19.0. The van der Waals surface area contributed by atoms with Gasteiger partial charge in [0.25, 0.3) is 0 Å². The first-order chi connectivity index (χ1) is 10.4. The predicted octanol–water partition coefficient (Wildman–Crippen LogP) is 3.34. The number of imidazole rings is 1. The minimum atomic E-state index is -0.236. The summed E-state index contributed by atoms with van der Waals surface area (Å²) in [6, 6.07) is 4.65. The molecule has 1 saturated heterocycles. The third-order valence-electron chi connectivity index (χ3n) is 4.28. The fourth-order valence-corrected chi connectivity index (χ4v) is 3.38. The van der Waals surface area contributed by atoms with Crippen LogP contribution in [0.2, 0.25) is 0 Å². The first-order valence-electron chi connectivity index (χ1n) is 7.88. The van der Waals surface area contributed by atoms with Crippen LogP contribution < -0.4 is 0 Å². The summed E-state index contributed by atoms with van der Waals surface area (Å²) in [6.07, 6.45) is 2.20. The van der Waals surface area contributed by atoms with Gasteiger partial charge >= 0.3 is 0 Å². The Morgan fingerprint density at radius 1 is 1.45 bits per heavy atom. The molecular weight excluding hydrogens is 281 g/mol. The summed E-state index contributed by atoms with van der Waals surface area (Å²) in [4.78, 5) is 10.0. The van der Waals surface area contributed by atoms with Gasteiger partial charge in [0.1, 0.15) is 11.6 Å². The van der Waals surface area contributed by atoms with Crippen LogP contribution in [-0.2, 0) is 11.3 Å². The van der Waals surface area contributed by atoms with E-state index in [2.05, 4.69) is 35.8 Å². The second kappa shape index (κ2) is 5.97. The molecule has 1 unspecified atom stereocenters. The zero-order chi connectivity index (χ0) is 15.7. The lowest BCUT2D eigenvalue weighted by Gasteiger charge is -2.37. The Hall–Kier alpha value is -1.46. The quantitative estimate of drug-likeness (QED) is 0.942. The maximum absolute atomic E-state index is 13.2. The first kappa shape index (κ1) is 15.4. The predicted molar refractivity (Wildman–Crippen MR) is 85.1 cm³/mol. The lowest BCUT2D eigenvalue weighted by Crippen LogP contribution is -2.38. The summed E-state index contributed by atoms with van der Waals surface area (Å²) >= 11 is 0. The van der Waals surface area contributed by atoms with Crippen LogP contribution in [-0.4, -0.2) is 40.7 Å². The lowest BCUT2D eigenvalue weighted by molar-refractivity contribution is -0.0762. The summed E-state index contributed by atoms with van der Waals surface area (Å²) in [5.74, 6) is 1.30. The summed E-state index contributed by atoms with van der Waals surface area (Å²) in [6.45, 7) is 6.93. The second-order valence-electron chi connectivity index (χ2n) is 7.01. The average Bonchev–Trinajstić information content (AvgIpc) is 2.78. The van der Waals surface area contributed by atoms with Crippen LogP contribution in [0.4, 0.5) is 4.39 Å². The number of hydrogen-bond donors (Lipinski definition) is 1. The Morgan fingerprint density at radius 3 is 3.05 bits per heavy atom. The number of H-pyrrole nitrogens is 1. The SMILES string of the molecule is CN(Cc1nc2ccc(F)cc2[nH]1)CC1CCOC(C)(C)C1. The van der Waals surface area contributed by atoms with Crippen LogP contribution in [0, 0.1) is 11.7 Å². The van der Waals surface area contributed by atoms with E-state index in [1.807, 2.05) is 0 Å². The first-order valence-corrected chi connectivity index (χ1v) is 7.88. The smallest absolute Gasteiger partial charge is 0.125 e. The molecule has 3 rings (SSSR count). The highest BCUT2D eigenvalue weighted by Gasteiger charge is 2.29. The van der Waals surface area contributed by atoms with E-state index in [1.54, 1.807) is 6.07 Å². The van der Waals surface area contributed by atoms with Gasteiger partial charge in [-0.15, -0.1) is 0 Å². The summed E-state index contributed by atoms with van der Waals surface area (Å²) in [5.41, 5.74) is 1.56. The number of nitrogens with zero attached hydrogens (tertiary/aromatic N) is 2. The lowest BCUT2D eigenvalue weighted by atomic mass is 9.88. The third-order valence-corrected chi connectivity index (χ3v) is 4.28. The zero-order valence-electron chi connectivity index (χ0n) is 13.5. The molecular formula is C17H24FN3O. The van der Waals surface area contributed by atoms with E-state index in [1.165, 1.54) is 12.1 Å². The summed E-state index contributed by atoms with van der Waals surface area (Å²) in [5, 5.41) is 0. The van der Waals surface area contributed by atoms with Gasteiger partial charge in [0.05, 0.1) is 23.2 Å². The van der Waals surface area contributed by atoms with Crippen LogP contribution in [0.3, 0.4) is 0 Å². The topological polar surface area (TPSA) is 41.2 Å². The van der Waals surface area contributed by atoms with Crippen LogP contribution in [0.5, 0.6) is 0 Å². The molecule has 1 aliphatic heterocycles. The highest BCUT2D eigenvalue weighted by Crippen LogP contribution is 2.29. The molecule has 1 aliphatic rings. The number of aromatic amines is 1. The van der Waals surface area contributed by atoms with Gasteiger partial charge in [-0.2, -0.15) is 0 Å². The number of rotatable bonds is 4. The van der Waals surface area contributed by atoms with Gasteiger partial charge in [-0.1, -0.05) is 0 Å². The van der Waals surface area contributed by atoms with Crippen molar-refractivity contribution in [2.75, 3.05) is 20.2 Å². The molecule has 0 aliphatic carbocycles.